The molecule has 1 atom stereocenters. The average molecular weight is 311 g/mol. The van der Waals surface area contributed by atoms with E-state index in [1.54, 1.807) is 19.1 Å². The van der Waals surface area contributed by atoms with Crippen LogP contribution in [-0.4, -0.2) is 39.0 Å². The Bertz CT molecular complexity index is 608. The van der Waals surface area contributed by atoms with E-state index in [1.807, 2.05) is 13.8 Å². The van der Waals surface area contributed by atoms with Gasteiger partial charge in [-0.1, -0.05) is 0 Å². The summed E-state index contributed by atoms with van der Waals surface area (Å²) in [6.07, 6.45) is 2.40. The van der Waals surface area contributed by atoms with Crippen LogP contribution in [-0.2, 0) is 10.0 Å². The molecule has 0 aromatic heterocycles. The highest BCUT2D eigenvalue weighted by Gasteiger charge is 2.23. The predicted octanol–water partition coefficient (Wildman–Crippen LogP) is 1.65. The highest BCUT2D eigenvalue weighted by atomic mass is 32.2. The first-order valence-electron chi connectivity index (χ1n) is 7.41. The van der Waals surface area contributed by atoms with E-state index >= 15 is 0 Å². The number of rotatable bonds is 5. The molecule has 5 nitrogen and oxygen atoms in total. The van der Waals surface area contributed by atoms with Crippen LogP contribution in [0.1, 0.15) is 30.9 Å². The molecule has 118 valence electrons. The van der Waals surface area contributed by atoms with Gasteiger partial charge in [-0.15, -0.1) is 0 Å². The molecule has 1 aliphatic rings. The summed E-state index contributed by atoms with van der Waals surface area (Å²) >= 11 is 0. The number of nitrogens with one attached hydrogen (secondary N) is 1. The molecule has 2 rings (SSSR count). The second kappa shape index (κ2) is 6.34. The van der Waals surface area contributed by atoms with Crippen molar-refractivity contribution in [2.45, 2.75) is 44.6 Å². The minimum absolute atomic E-state index is 0.116. The Kier molecular flexibility index (Phi) is 4.91. The summed E-state index contributed by atoms with van der Waals surface area (Å²) in [5, 5.41) is 0. The fourth-order valence-corrected chi connectivity index (χ4v) is 4.44. The van der Waals surface area contributed by atoms with Gasteiger partial charge in [0.1, 0.15) is 0 Å². The number of hydrogen-bond acceptors (Lipinski definition) is 4. The van der Waals surface area contributed by atoms with Gasteiger partial charge in [0.15, 0.2) is 0 Å². The fraction of sp³-hybridized carbons (Fsp3) is 0.600. The Labute approximate surface area is 127 Å². The van der Waals surface area contributed by atoms with Crippen LogP contribution in [0.5, 0.6) is 0 Å². The van der Waals surface area contributed by atoms with Crippen molar-refractivity contribution in [3.8, 4) is 0 Å². The smallest absolute Gasteiger partial charge is 0.241 e. The lowest BCUT2D eigenvalue weighted by Crippen LogP contribution is -2.41. The van der Waals surface area contributed by atoms with Crippen LogP contribution in [0, 0.1) is 13.8 Å². The van der Waals surface area contributed by atoms with Gasteiger partial charge >= 0.3 is 0 Å². The van der Waals surface area contributed by atoms with Gasteiger partial charge in [-0.3, -0.25) is 0 Å². The molecule has 0 bridgehead atoms. The van der Waals surface area contributed by atoms with Crippen molar-refractivity contribution >= 4 is 15.7 Å². The van der Waals surface area contributed by atoms with E-state index in [-0.39, 0.29) is 10.9 Å². The molecule has 0 aliphatic carbocycles. The third-order valence-corrected chi connectivity index (χ3v) is 5.64. The van der Waals surface area contributed by atoms with E-state index in [1.165, 1.54) is 12.8 Å². The van der Waals surface area contributed by atoms with Gasteiger partial charge < -0.3 is 10.6 Å². The van der Waals surface area contributed by atoms with E-state index in [9.17, 15) is 8.42 Å². The molecule has 1 heterocycles. The third kappa shape index (κ3) is 3.96. The van der Waals surface area contributed by atoms with Gasteiger partial charge in [-0.25, -0.2) is 13.1 Å². The largest absolute Gasteiger partial charge is 0.398 e. The number of nitrogen functional groups attached to an aromatic ring is 1. The number of nitrogens with two attached hydrogens (primary N) is 1. The molecule has 3 N–H and O–H groups in total. The Hall–Kier alpha value is -1.11. The molecule has 0 amide bonds. The van der Waals surface area contributed by atoms with Crippen LogP contribution in [0.3, 0.4) is 0 Å². The Morgan fingerprint density at radius 1 is 1.29 bits per heavy atom. The Morgan fingerprint density at radius 2 is 1.90 bits per heavy atom. The first kappa shape index (κ1) is 16.3. The summed E-state index contributed by atoms with van der Waals surface area (Å²) in [7, 11) is -3.53. The second-order valence-electron chi connectivity index (χ2n) is 6.01. The minimum atomic E-state index is -3.53. The van der Waals surface area contributed by atoms with E-state index in [0.29, 0.717) is 11.3 Å². The predicted molar refractivity (Wildman–Crippen MR) is 85.8 cm³/mol. The van der Waals surface area contributed by atoms with Crippen molar-refractivity contribution < 1.29 is 8.42 Å². The molecule has 1 aromatic carbocycles. The summed E-state index contributed by atoms with van der Waals surface area (Å²) in [6.45, 7) is 8.37. The van der Waals surface area contributed by atoms with E-state index in [4.69, 9.17) is 5.73 Å². The van der Waals surface area contributed by atoms with E-state index in [2.05, 4.69) is 9.62 Å². The normalized spacial score (nSPS) is 18.0. The number of sulfonamides is 1. The van der Waals surface area contributed by atoms with Gasteiger partial charge in [0.25, 0.3) is 0 Å². The number of benzene rings is 1. The molecule has 0 saturated carbocycles. The lowest BCUT2D eigenvalue weighted by Gasteiger charge is -2.22. The topological polar surface area (TPSA) is 75.4 Å². The highest BCUT2D eigenvalue weighted by Crippen LogP contribution is 2.23. The minimum Gasteiger partial charge on any atom is -0.398 e. The zero-order valence-electron chi connectivity index (χ0n) is 13.0. The molecule has 1 aromatic rings. The van der Waals surface area contributed by atoms with Crippen molar-refractivity contribution in [1.29, 1.82) is 0 Å². The van der Waals surface area contributed by atoms with Crippen molar-refractivity contribution in [3.63, 3.8) is 0 Å². The monoisotopic (exact) mass is 311 g/mol. The first-order chi connectivity index (χ1) is 9.79. The summed E-state index contributed by atoms with van der Waals surface area (Å²) < 4.78 is 27.9. The lowest BCUT2D eigenvalue weighted by atomic mass is 10.1. The van der Waals surface area contributed by atoms with Gasteiger partial charge in [-0.2, -0.15) is 0 Å². The SMILES string of the molecule is Cc1cc(N)c(C)c(S(=O)(=O)NC(C)CN2CCCC2)c1. The van der Waals surface area contributed by atoms with Gasteiger partial charge in [0, 0.05) is 18.3 Å². The van der Waals surface area contributed by atoms with Crippen molar-refractivity contribution in [1.82, 2.24) is 9.62 Å². The quantitative estimate of drug-likeness (QED) is 0.811. The van der Waals surface area contributed by atoms with E-state index in [0.717, 1.165) is 25.2 Å². The molecule has 1 saturated heterocycles. The summed E-state index contributed by atoms with van der Waals surface area (Å²) in [5.41, 5.74) is 7.86. The number of likely N-dealkylation sites (tertiary alicyclic amines) is 1. The molecular weight excluding hydrogens is 286 g/mol. The summed E-state index contributed by atoms with van der Waals surface area (Å²) in [5.74, 6) is 0. The molecule has 6 heteroatoms. The number of aryl methyl sites for hydroxylation is 1. The van der Waals surface area contributed by atoms with Crippen LogP contribution in [0.15, 0.2) is 17.0 Å². The average Bonchev–Trinajstić information content (AvgIpc) is 2.85. The Morgan fingerprint density at radius 3 is 2.52 bits per heavy atom. The van der Waals surface area contributed by atoms with Crippen molar-refractivity contribution in [2.24, 2.45) is 0 Å². The molecule has 0 spiro atoms. The summed E-state index contributed by atoms with van der Waals surface area (Å²) in [6, 6.07) is 3.35. The van der Waals surface area contributed by atoms with E-state index < -0.39 is 10.0 Å². The molecule has 21 heavy (non-hydrogen) atoms. The van der Waals surface area contributed by atoms with Crippen LogP contribution in [0.4, 0.5) is 5.69 Å². The molecular formula is C15H25N3O2S. The second-order valence-corrected chi connectivity index (χ2v) is 7.69. The molecule has 0 radical (unpaired) electrons. The first-order valence-corrected chi connectivity index (χ1v) is 8.89. The standard InChI is InChI=1S/C15H25N3O2S/c1-11-8-14(16)13(3)15(9-11)21(19,20)17-12(2)10-18-6-4-5-7-18/h8-9,12,17H,4-7,10,16H2,1-3H3. The van der Waals surface area contributed by atoms with Gasteiger partial charge in [0.2, 0.25) is 10.0 Å². The fourth-order valence-electron chi connectivity index (χ4n) is 2.85. The van der Waals surface area contributed by atoms with Crippen LogP contribution >= 0.6 is 0 Å². The zero-order valence-corrected chi connectivity index (χ0v) is 13.8. The molecule has 1 unspecified atom stereocenters. The maximum Gasteiger partial charge on any atom is 0.241 e. The highest BCUT2D eigenvalue weighted by molar-refractivity contribution is 7.89. The zero-order chi connectivity index (χ0) is 15.6. The van der Waals surface area contributed by atoms with Crippen LogP contribution < -0.4 is 10.5 Å². The summed E-state index contributed by atoms with van der Waals surface area (Å²) in [4.78, 5) is 2.58. The van der Waals surface area contributed by atoms with Crippen LogP contribution in [0.25, 0.3) is 0 Å². The third-order valence-electron chi connectivity index (χ3n) is 3.92. The Balaban J connectivity index is 2.14. The van der Waals surface area contributed by atoms with Gasteiger partial charge in [0.05, 0.1) is 4.90 Å². The lowest BCUT2D eigenvalue weighted by molar-refractivity contribution is 0.312. The number of hydrogen-bond donors (Lipinski definition) is 2. The van der Waals surface area contributed by atoms with Crippen molar-refractivity contribution in [3.05, 3.63) is 23.3 Å². The number of anilines is 1. The number of nitrogens with zero attached hydrogens (tertiary/aromatic N) is 1. The molecule has 1 aliphatic heterocycles. The molecule has 1 fully saturated rings. The maximum absolute atomic E-state index is 12.6. The van der Waals surface area contributed by atoms with Crippen LogP contribution in [0.2, 0.25) is 0 Å². The van der Waals surface area contributed by atoms with Crippen molar-refractivity contribution in [2.75, 3.05) is 25.4 Å². The maximum atomic E-state index is 12.6. The van der Waals surface area contributed by atoms with Gasteiger partial charge in [-0.05, 0) is 70.0 Å².